The van der Waals surface area contributed by atoms with Gasteiger partial charge in [0, 0.05) is 0 Å². The van der Waals surface area contributed by atoms with E-state index >= 15 is 0 Å². The summed E-state index contributed by atoms with van der Waals surface area (Å²) in [7, 11) is 0. The topological polar surface area (TPSA) is 0 Å². The second kappa shape index (κ2) is 4.11. The standard InChI is InChI=1S/C12H22/c1-4-12(10-11(2)3)8-6-5-7-9-12/h2,4-10H2,1,3H3. The van der Waals surface area contributed by atoms with Crippen LogP contribution in [0.5, 0.6) is 0 Å². The van der Waals surface area contributed by atoms with Crippen molar-refractivity contribution in [2.45, 2.75) is 58.8 Å². The van der Waals surface area contributed by atoms with E-state index in [2.05, 4.69) is 20.4 Å². The van der Waals surface area contributed by atoms with Crippen LogP contribution in [0.3, 0.4) is 0 Å². The van der Waals surface area contributed by atoms with Crippen molar-refractivity contribution in [3.8, 4) is 0 Å². The van der Waals surface area contributed by atoms with E-state index in [0.29, 0.717) is 5.41 Å². The van der Waals surface area contributed by atoms with Crippen LogP contribution >= 0.6 is 0 Å². The summed E-state index contributed by atoms with van der Waals surface area (Å²) in [6.45, 7) is 8.56. The fourth-order valence-corrected chi connectivity index (χ4v) is 2.60. The molecule has 0 aliphatic heterocycles. The van der Waals surface area contributed by atoms with Crippen molar-refractivity contribution in [2.75, 3.05) is 0 Å². The maximum Gasteiger partial charge on any atom is -0.0263 e. The first-order valence-electron chi connectivity index (χ1n) is 5.33. The molecule has 0 aromatic carbocycles. The Morgan fingerprint density at radius 3 is 2.25 bits per heavy atom. The Kier molecular flexibility index (Phi) is 3.37. The van der Waals surface area contributed by atoms with Crippen molar-refractivity contribution in [3.63, 3.8) is 0 Å². The molecule has 0 radical (unpaired) electrons. The maximum absolute atomic E-state index is 4.04. The first-order valence-corrected chi connectivity index (χ1v) is 5.33. The molecule has 0 atom stereocenters. The van der Waals surface area contributed by atoms with Gasteiger partial charge in [0.15, 0.2) is 0 Å². The van der Waals surface area contributed by atoms with E-state index in [0.717, 1.165) is 0 Å². The summed E-state index contributed by atoms with van der Waals surface area (Å²) in [6, 6.07) is 0. The van der Waals surface area contributed by atoms with Crippen molar-refractivity contribution in [2.24, 2.45) is 5.41 Å². The average Bonchev–Trinajstić information content (AvgIpc) is 2.05. The monoisotopic (exact) mass is 166 g/mol. The normalized spacial score (nSPS) is 22.2. The summed E-state index contributed by atoms with van der Waals surface area (Å²) in [4.78, 5) is 0. The summed E-state index contributed by atoms with van der Waals surface area (Å²) < 4.78 is 0. The second-order valence-electron chi connectivity index (χ2n) is 4.55. The number of allylic oxidation sites excluding steroid dienone is 1. The Labute approximate surface area is 77.1 Å². The lowest BCUT2D eigenvalue weighted by atomic mass is 9.69. The van der Waals surface area contributed by atoms with E-state index < -0.39 is 0 Å². The van der Waals surface area contributed by atoms with Crippen LogP contribution in [0.4, 0.5) is 0 Å². The quantitative estimate of drug-likeness (QED) is 0.548. The molecule has 1 rings (SSSR count). The van der Waals surface area contributed by atoms with E-state index in [9.17, 15) is 0 Å². The van der Waals surface area contributed by atoms with Gasteiger partial charge in [0.1, 0.15) is 0 Å². The molecule has 1 aliphatic carbocycles. The largest absolute Gasteiger partial charge is 0.100 e. The molecule has 12 heavy (non-hydrogen) atoms. The third-order valence-corrected chi connectivity index (χ3v) is 3.34. The van der Waals surface area contributed by atoms with E-state index in [1.54, 1.807) is 0 Å². The fraction of sp³-hybridized carbons (Fsp3) is 0.833. The molecular formula is C12H22. The van der Waals surface area contributed by atoms with Crippen LogP contribution < -0.4 is 0 Å². The lowest BCUT2D eigenvalue weighted by Gasteiger charge is -2.36. The van der Waals surface area contributed by atoms with E-state index in [1.807, 2.05) is 0 Å². The highest BCUT2D eigenvalue weighted by molar-refractivity contribution is 4.97. The van der Waals surface area contributed by atoms with Gasteiger partial charge in [0.2, 0.25) is 0 Å². The van der Waals surface area contributed by atoms with E-state index in [1.165, 1.54) is 50.5 Å². The number of hydrogen-bond acceptors (Lipinski definition) is 0. The van der Waals surface area contributed by atoms with Crippen molar-refractivity contribution in [1.29, 1.82) is 0 Å². The third kappa shape index (κ3) is 2.36. The zero-order chi connectivity index (χ0) is 9.03. The van der Waals surface area contributed by atoms with Crippen LogP contribution in [0.2, 0.25) is 0 Å². The van der Waals surface area contributed by atoms with Gasteiger partial charge in [-0.05, 0) is 31.6 Å². The predicted octanol–water partition coefficient (Wildman–Crippen LogP) is 4.31. The van der Waals surface area contributed by atoms with Crippen LogP contribution in [0.15, 0.2) is 12.2 Å². The van der Waals surface area contributed by atoms with Crippen molar-refractivity contribution in [1.82, 2.24) is 0 Å². The molecule has 0 heterocycles. The van der Waals surface area contributed by atoms with Crippen LogP contribution in [0.25, 0.3) is 0 Å². The van der Waals surface area contributed by atoms with Crippen LogP contribution in [-0.2, 0) is 0 Å². The Morgan fingerprint density at radius 1 is 1.25 bits per heavy atom. The van der Waals surface area contributed by atoms with E-state index in [4.69, 9.17) is 0 Å². The van der Waals surface area contributed by atoms with Gasteiger partial charge in [-0.3, -0.25) is 0 Å². The molecule has 1 saturated carbocycles. The van der Waals surface area contributed by atoms with Gasteiger partial charge < -0.3 is 0 Å². The molecule has 0 N–H and O–H groups in total. The molecule has 0 aromatic rings. The molecular weight excluding hydrogens is 144 g/mol. The summed E-state index contributed by atoms with van der Waals surface area (Å²) >= 11 is 0. The minimum absolute atomic E-state index is 0.643. The van der Waals surface area contributed by atoms with Crippen molar-refractivity contribution in [3.05, 3.63) is 12.2 Å². The Morgan fingerprint density at radius 2 is 1.83 bits per heavy atom. The van der Waals surface area contributed by atoms with Gasteiger partial charge in [-0.25, -0.2) is 0 Å². The van der Waals surface area contributed by atoms with E-state index in [-0.39, 0.29) is 0 Å². The molecule has 0 amide bonds. The molecule has 0 unspecified atom stereocenters. The Balaban J connectivity index is 2.53. The zero-order valence-electron chi connectivity index (χ0n) is 8.66. The zero-order valence-corrected chi connectivity index (χ0v) is 8.66. The van der Waals surface area contributed by atoms with Crippen LogP contribution in [-0.4, -0.2) is 0 Å². The molecule has 1 fully saturated rings. The molecule has 0 saturated heterocycles. The molecule has 0 bridgehead atoms. The first-order chi connectivity index (χ1) is 5.68. The van der Waals surface area contributed by atoms with Gasteiger partial charge in [0.25, 0.3) is 0 Å². The van der Waals surface area contributed by atoms with Crippen molar-refractivity contribution < 1.29 is 0 Å². The third-order valence-electron chi connectivity index (χ3n) is 3.34. The smallest absolute Gasteiger partial charge is 0.0263 e. The summed E-state index contributed by atoms with van der Waals surface area (Å²) in [5.74, 6) is 0. The van der Waals surface area contributed by atoms with Gasteiger partial charge in [-0.15, -0.1) is 6.58 Å². The first kappa shape index (κ1) is 9.83. The van der Waals surface area contributed by atoms with Gasteiger partial charge in [0.05, 0.1) is 0 Å². The summed E-state index contributed by atoms with van der Waals surface area (Å²) in [5, 5.41) is 0. The fourth-order valence-electron chi connectivity index (χ4n) is 2.60. The number of rotatable bonds is 3. The van der Waals surface area contributed by atoms with Crippen molar-refractivity contribution >= 4 is 0 Å². The molecule has 0 aromatic heterocycles. The summed E-state index contributed by atoms with van der Waals surface area (Å²) in [6.07, 6.45) is 9.84. The lowest BCUT2D eigenvalue weighted by Crippen LogP contribution is -2.23. The molecule has 0 heteroatoms. The minimum Gasteiger partial charge on any atom is -0.100 e. The Bertz CT molecular complexity index is 149. The second-order valence-corrected chi connectivity index (χ2v) is 4.55. The van der Waals surface area contributed by atoms with Gasteiger partial charge in [-0.1, -0.05) is 38.2 Å². The minimum atomic E-state index is 0.643. The van der Waals surface area contributed by atoms with Gasteiger partial charge in [-0.2, -0.15) is 0 Å². The molecule has 1 aliphatic rings. The SMILES string of the molecule is C=C(C)CC1(CC)CCCCC1. The Hall–Kier alpha value is -0.260. The number of hydrogen-bond donors (Lipinski definition) is 0. The maximum atomic E-state index is 4.04. The van der Waals surface area contributed by atoms with Gasteiger partial charge >= 0.3 is 0 Å². The summed E-state index contributed by atoms with van der Waals surface area (Å²) in [5.41, 5.74) is 2.02. The highest BCUT2D eigenvalue weighted by Gasteiger charge is 2.29. The lowest BCUT2D eigenvalue weighted by molar-refractivity contribution is 0.179. The van der Waals surface area contributed by atoms with Crippen LogP contribution in [0, 0.1) is 5.41 Å². The molecule has 70 valence electrons. The van der Waals surface area contributed by atoms with Crippen LogP contribution in [0.1, 0.15) is 58.8 Å². The predicted molar refractivity (Wildman–Crippen MR) is 55.2 cm³/mol. The molecule has 0 nitrogen and oxygen atoms in total. The average molecular weight is 166 g/mol. The highest BCUT2D eigenvalue weighted by Crippen LogP contribution is 2.43. The molecule has 0 spiro atoms. The highest BCUT2D eigenvalue weighted by atomic mass is 14.3.